The van der Waals surface area contributed by atoms with Crippen molar-refractivity contribution in [3.63, 3.8) is 0 Å². The lowest BCUT2D eigenvalue weighted by Gasteiger charge is -2.17. The van der Waals surface area contributed by atoms with Crippen LogP contribution in [0.4, 0.5) is 0 Å². The van der Waals surface area contributed by atoms with Crippen LogP contribution in [0.15, 0.2) is 18.2 Å². The van der Waals surface area contributed by atoms with E-state index in [1.165, 1.54) is 36.8 Å². The summed E-state index contributed by atoms with van der Waals surface area (Å²) >= 11 is 0. The standard InChI is InChI=1S/C15H22N2O/c1-12-11-13(2)17(16-12)15(18)10-6-9-14-7-4-3-5-8-14/h6,9,11,14H,3-5,7-8,10H2,1-2H3/b9-6+. The van der Waals surface area contributed by atoms with E-state index >= 15 is 0 Å². The van der Waals surface area contributed by atoms with Gasteiger partial charge in [-0.05, 0) is 38.7 Å². The molecule has 1 fully saturated rings. The predicted octanol–water partition coefficient (Wildman–Crippen LogP) is 3.67. The molecule has 1 heterocycles. The van der Waals surface area contributed by atoms with Crippen molar-refractivity contribution in [2.45, 2.75) is 52.4 Å². The summed E-state index contributed by atoms with van der Waals surface area (Å²) in [6.07, 6.45) is 11.3. The predicted molar refractivity (Wildman–Crippen MR) is 72.7 cm³/mol. The van der Waals surface area contributed by atoms with Gasteiger partial charge in [-0.15, -0.1) is 0 Å². The maximum Gasteiger partial charge on any atom is 0.250 e. The third-order valence-electron chi connectivity index (χ3n) is 3.60. The van der Waals surface area contributed by atoms with E-state index in [-0.39, 0.29) is 5.91 Å². The molecule has 0 bridgehead atoms. The van der Waals surface area contributed by atoms with Gasteiger partial charge in [0.05, 0.1) is 5.69 Å². The molecule has 1 aliphatic rings. The Hall–Kier alpha value is -1.38. The van der Waals surface area contributed by atoms with Gasteiger partial charge in [-0.1, -0.05) is 31.4 Å². The normalized spacial score (nSPS) is 17.4. The molecule has 98 valence electrons. The largest absolute Gasteiger partial charge is 0.272 e. The molecule has 2 rings (SSSR count). The fourth-order valence-electron chi connectivity index (χ4n) is 2.66. The van der Waals surface area contributed by atoms with Crippen LogP contribution in [-0.2, 0) is 0 Å². The van der Waals surface area contributed by atoms with Gasteiger partial charge in [-0.3, -0.25) is 4.79 Å². The first kappa shape index (κ1) is 13.1. The van der Waals surface area contributed by atoms with Crippen molar-refractivity contribution in [3.05, 3.63) is 29.6 Å². The maximum absolute atomic E-state index is 12.0. The van der Waals surface area contributed by atoms with Crippen LogP contribution in [0.5, 0.6) is 0 Å². The smallest absolute Gasteiger partial charge is 0.250 e. The van der Waals surface area contributed by atoms with E-state index in [1.54, 1.807) is 0 Å². The van der Waals surface area contributed by atoms with Crippen molar-refractivity contribution in [2.24, 2.45) is 5.92 Å². The highest BCUT2D eigenvalue weighted by Gasteiger charge is 2.11. The van der Waals surface area contributed by atoms with E-state index in [0.717, 1.165) is 11.4 Å². The van der Waals surface area contributed by atoms with Crippen molar-refractivity contribution in [1.82, 2.24) is 9.78 Å². The Bertz CT molecular complexity index is 439. The van der Waals surface area contributed by atoms with E-state index in [9.17, 15) is 4.79 Å². The minimum Gasteiger partial charge on any atom is -0.272 e. The summed E-state index contributed by atoms with van der Waals surface area (Å²) in [5.74, 6) is 0.750. The monoisotopic (exact) mass is 246 g/mol. The number of aryl methyl sites for hydroxylation is 2. The van der Waals surface area contributed by atoms with Crippen molar-refractivity contribution < 1.29 is 4.79 Å². The molecule has 0 amide bonds. The number of carbonyl (C=O) groups excluding carboxylic acids is 1. The fourth-order valence-corrected chi connectivity index (χ4v) is 2.66. The zero-order chi connectivity index (χ0) is 13.0. The summed E-state index contributed by atoms with van der Waals surface area (Å²) in [6.45, 7) is 3.83. The summed E-state index contributed by atoms with van der Waals surface area (Å²) in [4.78, 5) is 12.0. The Labute approximate surface area is 109 Å². The zero-order valence-corrected chi connectivity index (χ0v) is 11.4. The van der Waals surface area contributed by atoms with Crippen molar-refractivity contribution in [1.29, 1.82) is 0 Å². The van der Waals surface area contributed by atoms with Crippen LogP contribution < -0.4 is 0 Å². The van der Waals surface area contributed by atoms with Gasteiger partial charge in [0.2, 0.25) is 0 Å². The van der Waals surface area contributed by atoms with E-state index in [1.807, 2.05) is 26.0 Å². The summed E-state index contributed by atoms with van der Waals surface area (Å²) in [5.41, 5.74) is 1.82. The molecule has 0 aliphatic heterocycles. The number of allylic oxidation sites excluding steroid dienone is 2. The highest BCUT2D eigenvalue weighted by Crippen LogP contribution is 2.24. The first-order valence-electron chi connectivity index (χ1n) is 6.90. The Balaban J connectivity index is 1.87. The second-order valence-electron chi connectivity index (χ2n) is 5.26. The summed E-state index contributed by atoms with van der Waals surface area (Å²) in [5, 5.41) is 4.21. The van der Waals surface area contributed by atoms with Crippen LogP contribution in [0.2, 0.25) is 0 Å². The van der Waals surface area contributed by atoms with E-state index in [4.69, 9.17) is 0 Å². The van der Waals surface area contributed by atoms with Crippen LogP contribution in [0.3, 0.4) is 0 Å². The topological polar surface area (TPSA) is 34.9 Å². The van der Waals surface area contributed by atoms with E-state index in [0.29, 0.717) is 12.3 Å². The molecule has 0 unspecified atom stereocenters. The number of aromatic nitrogens is 2. The quantitative estimate of drug-likeness (QED) is 0.763. The van der Waals surface area contributed by atoms with Crippen molar-refractivity contribution >= 4 is 5.91 Å². The third-order valence-corrected chi connectivity index (χ3v) is 3.60. The molecule has 1 aromatic rings. The van der Waals surface area contributed by atoms with E-state index in [2.05, 4.69) is 11.2 Å². The van der Waals surface area contributed by atoms with Crippen LogP contribution >= 0.6 is 0 Å². The molecule has 1 aromatic heterocycles. The minimum atomic E-state index is 0.0626. The Kier molecular flexibility index (Phi) is 4.34. The molecule has 1 saturated carbocycles. The highest BCUT2D eigenvalue weighted by atomic mass is 16.2. The zero-order valence-electron chi connectivity index (χ0n) is 11.4. The second kappa shape index (κ2) is 5.98. The Morgan fingerprint density at radius 2 is 2.11 bits per heavy atom. The number of carbonyl (C=O) groups is 1. The molecule has 3 heteroatoms. The van der Waals surface area contributed by atoms with Gasteiger partial charge in [0.25, 0.3) is 5.91 Å². The van der Waals surface area contributed by atoms with Gasteiger partial charge in [0.1, 0.15) is 0 Å². The lowest BCUT2D eigenvalue weighted by atomic mass is 9.89. The van der Waals surface area contributed by atoms with Gasteiger partial charge in [0, 0.05) is 12.1 Å². The molecule has 0 saturated heterocycles. The molecule has 0 radical (unpaired) electrons. The number of nitrogens with zero attached hydrogens (tertiary/aromatic N) is 2. The SMILES string of the molecule is Cc1cc(C)n(C(=O)C/C=C/C2CCCCC2)n1. The molecule has 0 atom stereocenters. The third kappa shape index (κ3) is 3.31. The first-order chi connectivity index (χ1) is 8.66. The highest BCUT2D eigenvalue weighted by molar-refractivity contribution is 5.80. The Morgan fingerprint density at radius 1 is 1.39 bits per heavy atom. The minimum absolute atomic E-state index is 0.0626. The number of hydrogen-bond donors (Lipinski definition) is 0. The van der Waals surface area contributed by atoms with Crippen LogP contribution in [0.25, 0.3) is 0 Å². The second-order valence-corrected chi connectivity index (χ2v) is 5.26. The van der Waals surface area contributed by atoms with Crippen LogP contribution in [-0.4, -0.2) is 15.7 Å². The molecule has 1 aliphatic carbocycles. The maximum atomic E-state index is 12.0. The van der Waals surface area contributed by atoms with Gasteiger partial charge in [0.15, 0.2) is 0 Å². The van der Waals surface area contributed by atoms with Gasteiger partial charge < -0.3 is 0 Å². The molecular weight excluding hydrogens is 224 g/mol. The lowest BCUT2D eigenvalue weighted by Crippen LogP contribution is -2.13. The van der Waals surface area contributed by atoms with Crippen molar-refractivity contribution in [2.75, 3.05) is 0 Å². The van der Waals surface area contributed by atoms with Crippen LogP contribution in [0, 0.1) is 19.8 Å². The first-order valence-corrected chi connectivity index (χ1v) is 6.90. The molecule has 0 spiro atoms. The lowest BCUT2D eigenvalue weighted by molar-refractivity contribution is 0.0898. The molecule has 0 aromatic carbocycles. The fraction of sp³-hybridized carbons (Fsp3) is 0.600. The molecular formula is C15H22N2O. The number of rotatable bonds is 3. The molecule has 18 heavy (non-hydrogen) atoms. The van der Waals surface area contributed by atoms with Gasteiger partial charge in [-0.2, -0.15) is 5.10 Å². The Morgan fingerprint density at radius 3 is 2.72 bits per heavy atom. The van der Waals surface area contributed by atoms with Gasteiger partial charge in [-0.25, -0.2) is 4.68 Å². The van der Waals surface area contributed by atoms with Crippen molar-refractivity contribution in [3.8, 4) is 0 Å². The average molecular weight is 246 g/mol. The molecule has 0 N–H and O–H groups in total. The molecule has 3 nitrogen and oxygen atoms in total. The summed E-state index contributed by atoms with van der Waals surface area (Å²) in [7, 11) is 0. The van der Waals surface area contributed by atoms with Gasteiger partial charge >= 0.3 is 0 Å². The average Bonchev–Trinajstić information content (AvgIpc) is 2.70. The van der Waals surface area contributed by atoms with E-state index < -0.39 is 0 Å². The number of hydrogen-bond acceptors (Lipinski definition) is 2. The summed E-state index contributed by atoms with van der Waals surface area (Å²) in [6, 6.07) is 1.93. The summed E-state index contributed by atoms with van der Waals surface area (Å²) < 4.78 is 1.51. The van der Waals surface area contributed by atoms with Crippen LogP contribution in [0.1, 0.15) is 54.7 Å².